The third kappa shape index (κ3) is 3.63. The van der Waals surface area contributed by atoms with E-state index in [1.165, 1.54) is 11.3 Å². The molecule has 0 aliphatic heterocycles. The summed E-state index contributed by atoms with van der Waals surface area (Å²) >= 11 is 1.31. The molecule has 1 amide bonds. The first-order chi connectivity index (χ1) is 11.6. The first-order valence-corrected chi connectivity index (χ1v) is 7.83. The number of aromatic nitrogens is 3. The van der Waals surface area contributed by atoms with E-state index in [0.717, 1.165) is 17.7 Å². The number of nitrogens with one attached hydrogen (secondary N) is 1. The molecule has 0 aromatic carbocycles. The number of carbonyl (C=O) groups excluding carboxylic acids is 1. The lowest BCUT2D eigenvalue weighted by atomic mass is 10.2. The number of nitrogens with zero attached hydrogens (tertiary/aromatic N) is 3. The number of thiazole rings is 1. The average Bonchev–Trinajstić information content (AvgIpc) is 3.23. The van der Waals surface area contributed by atoms with Gasteiger partial charge in [-0.1, -0.05) is 0 Å². The number of aromatic carboxylic acids is 1. The van der Waals surface area contributed by atoms with E-state index in [1.54, 1.807) is 12.4 Å². The molecule has 0 spiro atoms. The third-order valence-electron chi connectivity index (χ3n) is 3.15. The molecule has 2 N–H and O–H groups in total. The van der Waals surface area contributed by atoms with Gasteiger partial charge in [0.25, 0.3) is 0 Å². The number of carbonyl (C=O) groups is 2. The minimum Gasteiger partial charge on any atom is -0.476 e. The Bertz CT molecular complexity index is 859. The molecule has 0 bridgehead atoms. The van der Waals surface area contributed by atoms with E-state index in [9.17, 15) is 9.59 Å². The Morgan fingerprint density at radius 2 is 2.08 bits per heavy atom. The maximum absolute atomic E-state index is 12.0. The van der Waals surface area contributed by atoms with Gasteiger partial charge in [0.05, 0.1) is 5.69 Å². The number of amides is 1. The van der Waals surface area contributed by atoms with Crippen LogP contribution in [0.4, 0.5) is 5.13 Å². The van der Waals surface area contributed by atoms with E-state index in [1.807, 2.05) is 17.5 Å². The summed E-state index contributed by atoms with van der Waals surface area (Å²) in [6.07, 6.45) is 4.61. The van der Waals surface area contributed by atoms with Crippen LogP contribution >= 0.6 is 11.3 Å². The second-order valence-corrected chi connectivity index (χ2v) is 5.61. The Kier molecular flexibility index (Phi) is 4.62. The molecule has 0 unspecified atom stereocenters. The predicted octanol–water partition coefficient (Wildman–Crippen LogP) is 2.46. The molecule has 3 aromatic heterocycles. The van der Waals surface area contributed by atoms with E-state index in [0.29, 0.717) is 5.13 Å². The molecule has 0 saturated heterocycles. The van der Waals surface area contributed by atoms with Crippen molar-refractivity contribution in [1.82, 2.24) is 15.0 Å². The topological polar surface area (TPSA) is 118 Å². The second kappa shape index (κ2) is 7.01. The van der Waals surface area contributed by atoms with Gasteiger partial charge in [0.1, 0.15) is 5.76 Å². The Morgan fingerprint density at radius 3 is 2.83 bits per heavy atom. The van der Waals surface area contributed by atoms with E-state index in [-0.39, 0.29) is 30.2 Å². The minimum atomic E-state index is -1.18. The fourth-order valence-electron chi connectivity index (χ4n) is 2.02. The maximum Gasteiger partial charge on any atom is 0.358 e. The predicted molar refractivity (Wildman–Crippen MR) is 85.8 cm³/mol. The Hall–Kier alpha value is -3.07. The van der Waals surface area contributed by atoms with Crippen molar-refractivity contribution in [3.05, 3.63) is 47.8 Å². The van der Waals surface area contributed by atoms with Crippen LogP contribution in [0.15, 0.2) is 40.7 Å². The summed E-state index contributed by atoms with van der Waals surface area (Å²) in [7, 11) is 0. The SMILES string of the molecule is O=C(CCc1ocnc1C(=O)O)Nc1nc(-c2ccncc2)cs1. The highest BCUT2D eigenvalue weighted by Gasteiger charge is 2.17. The van der Waals surface area contributed by atoms with E-state index in [4.69, 9.17) is 9.52 Å². The summed E-state index contributed by atoms with van der Waals surface area (Å²) in [4.78, 5) is 34.8. The zero-order valence-electron chi connectivity index (χ0n) is 12.3. The van der Waals surface area contributed by atoms with Crippen LogP contribution < -0.4 is 5.32 Å². The van der Waals surface area contributed by atoms with E-state index in [2.05, 4.69) is 20.3 Å². The monoisotopic (exact) mass is 344 g/mol. The molecule has 8 nitrogen and oxygen atoms in total. The van der Waals surface area contributed by atoms with Gasteiger partial charge in [-0.05, 0) is 12.1 Å². The van der Waals surface area contributed by atoms with Crippen molar-refractivity contribution in [2.24, 2.45) is 0 Å². The van der Waals surface area contributed by atoms with Gasteiger partial charge in [0.15, 0.2) is 17.2 Å². The van der Waals surface area contributed by atoms with Gasteiger partial charge in [-0.3, -0.25) is 9.78 Å². The molecule has 122 valence electrons. The minimum absolute atomic E-state index is 0.0691. The Labute approximate surface area is 140 Å². The van der Waals surface area contributed by atoms with Crippen molar-refractivity contribution in [2.75, 3.05) is 5.32 Å². The summed E-state index contributed by atoms with van der Waals surface area (Å²) in [5, 5.41) is 13.9. The Balaban J connectivity index is 1.58. The zero-order chi connectivity index (χ0) is 16.9. The number of hydrogen-bond donors (Lipinski definition) is 2. The highest BCUT2D eigenvalue weighted by molar-refractivity contribution is 7.14. The van der Waals surface area contributed by atoms with E-state index < -0.39 is 5.97 Å². The molecule has 3 heterocycles. The third-order valence-corrected chi connectivity index (χ3v) is 3.91. The molecule has 0 fully saturated rings. The molecule has 0 atom stereocenters. The van der Waals surface area contributed by atoms with Crippen LogP contribution in [0.3, 0.4) is 0 Å². The van der Waals surface area contributed by atoms with Crippen LogP contribution in [-0.4, -0.2) is 31.9 Å². The van der Waals surface area contributed by atoms with Crippen LogP contribution in [0.1, 0.15) is 22.7 Å². The number of hydrogen-bond acceptors (Lipinski definition) is 7. The van der Waals surface area contributed by atoms with Crippen molar-refractivity contribution in [2.45, 2.75) is 12.8 Å². The molecule has 0 aliphatic rings. The maximum atomic E-state index is 12.0. The van der Waals surface area contributed by atoms with E-state index >= 15 is 0 Å². The lowest BCUT2D eigenvalue weighted by molar-refractivity contribution is -0.116. The zero-order valence-corrected chi connectivity index (χ0v) is 13.1. The molecule has 24 heavy (non-hydrogen) atoms. The molecule has 3 rings (SSSR count). The molecular formula is C15H12N4O4S. The van der Waals surface area contributed by atoms with Gasteiger partial charge in [-0.15, -0.1) is 11.3 Å². The normalized spacial score (nSPS) is 10.5. The van der Waals surface area contributed by atoms with Gasteiger partial charge < -0.3 is 14.8 Å². The van der Waals surface area contributed by atoms with Gasteiger partial charge in [0, 0.05) is 36.2 Å². The molecule has 3 aromatic rings. The molecule has 0 aliphatic carbocycles. The quantitative estimate of drug-likeness (QED) is 0.705. The van der Waals surface area contributed by atoms with Crippen LogP contribution in [0, 0.1) is 0 Å². The lowest BCUT2D eigenvalue weighted by Crippen LogP contribution is -2.13. The lowest BCUT2D eigenvalue weighted by Gasteiger charge is -2.01. The number of rotatable bonds is 6. The second-order valence-electron chi connectivity index (χ2n) is 4.75. The van der Waals surface area contributed by atoms with Crippen molar-refractivity contribution >= 4 is 28.3 Å². The van der Waals surface area contributed by atoms with Crippen LogP contribution in [-0.2, 0) is 11.2 Å². The summed E-state index contributed by atoms with van der Waals surface area (Å²) in [5.74, 6) is -1.28. The van der Waals surface area contributed by atoms with Crippen LogP contribution in [0.25, 0.3) is 11.3 Å². The fourth-order valence-corrected chi connectivity index (χ4v) is 2.75. The molecule has 0 radical (unpaired) electrons. The number of carboxylic acids is 1. The standard InChI is InChI=1S/C15H12N4O4S/c20-12(2-1-11-13(14(21)22)17-8-23-11)19-15-18-10(7-24-15)9-3-5-16-6-4-9/h3-8H,1-2H2,(H,21,22)(H,18,19,20). The molecule has 9 heteroatoms. The molecular weight excluding hydrogens is 332 g/mol. The van der Waals surface area contributed by atoms with Crippen molar-refractivity contribution < 1.29 is 19.1 Å². The first-order valence-electron chi connectivity index (χ1n) is 6.95. The van der Waals surface area contributed by atoms with Crippen molar-refractivity contribution in [1.29, 1.82) is 0 Å². The van der Waals surface area contributed by atoms with Crippen LogP contribution in [0.2, 0.25) is 0 Å². The Morgan fingerprint density at radius 1 is 1.29 bits per heavy atom. The number of pyridine rings is 1. The summed E-state index contributed by atoms with van der Waals surface area (Å²) in [5.41, 5.74) is 1.49. The summed E-state index contributed by atoms with van der Waals surface area (Å²) in [6.45, 7) is 0. The highest BCUT2D eigenvalue weighted by Crippen LogP contribution is 2.24. The van der Waals surface area contributed by atoms with Crippen molar-refractivity contribution in [3.63, 3.8) is 0 Å². The number of oxazole rings is 1. The van der Waals surface area contributed by atoms with Gasteiger partial charge >= 0.3 is 5.97 Å². The largest absolute Gasteiger partial charge is 0.476 e. The van der Waals surface area contributed by atoms with Crippen LogP contribution in [0.5, 0.6) is 0 Å². The smallest absolute Gasteiger partial charge is 0.358 e. The summed E-state index contributed by atoms with van der Waals surface area (Å²) < 4.78 is 5.00. The molecule has 0 saturated carbocycles. The fraction of sp³-hybridized carbons (Fsp3) is 0.133. The average molecular weight is 344 g/mol. The highest BCUT2D eigenvalue weighted by atomic mass is 32.1. The number of aryl methyl sites for hydroxylation is 1. The summed E-state index contributed by atoms with van der Waals surface area (Å²) in [6, 6.07) is 3.66. The van der Waals surface area contributed by atoms with Gasteiger partial charge in [0.2, 0.25) is 5.91 Å². The van der Waals surface area contributed by atoms with Gasteiger partial charge in [-0.2, -0.15) is 0 Å². The number of carboxylic acid groups (broad SMARTS) is 1. The van der Waals surface area contributed by atoms with Crippen molar-refractivity contribution in [3.8, 4) is 11.3 Å². The number of anilines is 1. The first kappa shape index (κ1) is 15.8. The van der Waals surface area contributed by atoms with Gasteiger partial charge in [-0.25, -0.2) is 14.8 Å².